The van der Waals surface area contributed by atoms with Gasteiger partial charge in [-0.3, -0.25) is 9.59 Å². The van der Waals surface area contributed by atoms with E-state index in [0.717, 1.165) is 11.1 Å². The second kappa shape index (κ2) is 13.6. The molecule has 0 bridgehead atoms. The Labute approximate surface area is 238 Å². The minimum Gasteiger partial charge on any atom is -0.350 e. The second-order valence-corrected chi connectivity index (χ2v) is 12.0. The summed E-state index contributed by atoms with van der Waals surface area (Å²) in [5.41, 5.74) is 2.16. The third kappa shape index (κ3) is 9.26. The number of benzene rings is 3. The van der Waals surface area contributed by atoms with E-state index in [0.29, 0.717) is 32.8 Å². The van der Waals surface area contributed by atoms with Crippen LogP contribution in [0.4, 0.5) is 0 Å². The highest BCUT2D eigenvalue weighted by atomic mass is 35.5. The van der Waals surface area contributed by atoms with Crippen molar-refractivity contribution < 1.29 is 9.59 Å². The van der Waals surface area contributed by atoms with Gasteiger partial charge in [-0.2, -0.15) is 0 Å². The van der Waals surface area contributed by atoms with Crippen LogP contribution in [0.5, 0.6) is 0 Å². The predicted octanol–water partition coefficient (Wildman–Crippen LogP) is 7.43. The molecule has 2 amide bonds. The van der Waals surface area contributed by atoms with Crippen LogP contribution < -0.4 is 5.32 Å². The van der Waals surface area contributed by atoms with Crippen molar-refractivity contribution in [1.82, 2.24) is 10.2 Å². The highest BCUT2D eigenvalue weighted by Gasteiger charge is 2.32. The summed E-state index contributed by atoms with van der Waals surface area (Å²) in [5.74, 6) is 0.440. The van der Waals surface area contributed by atoms with Gasteiger partial charge in [0, 0.05) is 44.9 Å². The fraction of sp³-hybridized carbons (Fsp3) is 0.310. The van der Waals surface area contributed by atoms with Crippen LogP contribution in [0.3, 0.4) is 0 Å². The molecule has 0 aliphatic heterocycles. The van der Waals surface area contributed by atoms with Crippen molar-refractivity contribution >= 4 is 58.4 Å². The number of thioether (sulfide) groups is 1. The summed E-state index contributed by atoms with van der Waals surface area (Å²) in [6.07, 6.45) is 0.360. The molecule has 37 heavy (non-hydrogen) atoms. The van der Waals surface area contributed by atoms with Crippen LogP contribution in [0, 0.1) is 0 Å². The summed E-state index contributed by atoms with van der Waals surface area (Å²) in [6.45, 7) is 5.88. The molecule has 196 valence electrons. The maximum atomic E-state index is 13.7. The molecule has 8 heteroatoms. The van der Waals surface area contributed by atoms with Gasteiger partial charge in [0.1, 0.15) is 6.04 Å². The van der Waals surface area contributed by atoms with Crippen LogP contribution in [0.1, 0.15) is 37.5 Å². The van der Waals surface area contributed by atoms with E-state index in [4.69, 9.17) is 34.8 Å². The topological polar surface area (TPSA) is 49.4 Å². The normalized spacial score (nSPS) is 12.2. The summed E-state index contributed by atoms with van der Waals surface area (Å²) >= 11 is 20.4. The molecule has 3 aromatic rings. The number of nitrogens with one attached hydrogen (secondary N) is 1. The third-order valence-corrected chi connectivity index (χ3v) is 7.52. The molecule has 0 aromatic heterocycles. The zero-order valence-electron chi connectivity index (χ0n) is 21.1. The summed E-state index contributed by atoms with van der Waals surface area (Å²) in [4.78, 5) is 28.9. The lowest BCUT2D eigenvalue weighted by Gasteiger charge is -2.34. The molecule has 0 spiro atoms. The smallest absolute Gasteiger partial charge is 0.243 e. The van der Waals surface area contributed by atoms with Crippen LogP contribution in [0.25, 0.3) is 0 Å². The van der Waals surface area contributed by atoms with Gasteiger partial charge in [0.2, 0.25) is 11.8 Å². The number of carbonyl (C=O) groups excluding carboxylic acids is 2. The van der Waals surface area contributed by atoms with Gasteiger partial charge in [-0.05, 0) is 56.2 Å². The zero-order chi connectivity index (χ0) is 27.0. The van der Waals surface area contributed by atoms with Gasteiger partial charge in [-0.15, -0.1) is 11.8 Å². The van der Waals surface area contributed by atoms with Crippen LogP contribution in [0.15, 0.2) is 72.8 Å². The molecule has 0 radical (unpaired) electrons. The molecule has 1 N–H and O–H groups in total. The quantitative estimate of drug-likeness (QED) is 0.272. The third-order valence-electron chi connectivity index (χ3n) is 5.57. The lowest BCUT2D eigenvalue weighted by Crippen LogP contribution is -2.54. The molecule has 0 heterocycles. The summed E-state index contributed by atoms with van der Waals surface area (Å²) in [6, 6.07) is 21.7. The minimum absolute atomic E-state index is 0.119. The monoisotopic (exact) mass is 576 g/mol. The van der Waals surface area contributed by atoms with Crippen LogP contribution >= 0.6 is 46.6 Å². The Balaban J connectivity index is 1.91. The lowest BCUT2D eigenvalue weighted by molar-refractivity contribution is -0.140. The first kappa shape index (κ1) is 29.4. The molecule has 3 aromatic carbocycles. The van der Waals surface area contributed by atoms with Crippen molar-refractivity contribution in [3.63, 3.8) is 0 Å². The molecule has 3 rings (SSSR count). The molecule has 0 aliphatic carbocycles. The van der Waals surface area contributed by atoms with Crippen molar-refractivity contribution in [2.75, 3.05) is 5.75 Å². The highest BCUT2D eigenvalue weighted by Crippen LogP contribution is 2.28. The molecule has 4 nitrogen and oxygen atoms in total. The van der Waals surface area contributed by atoms with E-state index in [-0.39, 0.29) is 24.1 Å². The zero-order valence-corrected chi connectivity index (χ0v) is 24.2. The van der Waals surface area contributed by atoms with Crippen molar-refractivity contribution in [3.05, 3.63) is 105 Å². The van der Waals surface area contributed by atoms with Crippen LogP contribution in [-0.4, -0.2) is 34.0 Å². The fourth-order valence-corrected chi connectivity index (χ4v) is 5.29. The Morgan fingerprint density at radius 2 is 1.49 bits per heavy atom. The van der Waals surface area contributed by atoms with Crippen molar-refractivity contribution in [3.8, 4) is 0 Å². The van der Waals surface area contributed by atoms with Gasteiger partial charge in [0.15, 0.2) is 0 Å². The van der Waals surface area contributed by atoms with Crippen molar-refractivity contribution in [2.24, 2.45) is 0 Å². The minimum atomic E-state index is -0.752. The Morgan fingerprint density at radius 3 is 2.08 bits per heavy atom. The first-order valence-electron chi connectivity index (χ1n) is 11.9. The maximum Gasteiger partial charge on any atom is 0.243 e. The standard InChI is InChI=1S/C29H31Cl3N2O2S/c1-29(2,3)33-28(36)26(16-20-8-5-4-6-9-20)34(17-23-24(31)10-7-11-25(23)32)27(35)19-37-18-21-12-14-22(30)15-13-21/h4-15,26H,16-19H2,1-3H3,(H,33,36)/t26-/m0/s1. The Kier molecular flexibility index (Phi) is 10.8. The van der Waals surface area contributed by atoms with E-state index in [1.54, 1.807) is 23.1 Å². The largest absolute Gasteiger partial charge is 0.350 e. The molecule has 0 aliphatic rings. The van der Waals surface area contributed by atoms with E-state index >= 15 is 0 Å². The predicted molar refractivity (Wildman–Crippen MR) is 156 cm³/mol. The van der Waals surface area contributed by atoms with Gasteiger partial charge in [0.25, 0.3) is 0 Å². The van der Waals surface area contributed by atoms with E-state index in [1.807, 2.05) is 75.4 Å². The van der Waals surface area contributed by atoms with Gasteiger partial charge < -0.3 is 10.2 Å². The fourth-order valence-electron chi connectivity index (χ4n) is 3.78. The van der Waals surface area contributed by atoms with Crippen molar-refractivity contribution in [1.29, 1.82) is 0 Å². The maximum absolute atomic E-state index is 13.7. The van der Waals surface area contributed by atoms with Crippen molar-refractivity contribution in [2.45, 2.75) is 51.1 Å². The molecular formula is C29H31Cl3N2O2S. The molecular weight excluding hydrogens is 547 g/mol. The molecule has 0 saturated heterocycles. The Bertz CT molecular complexity index is 1180. The van der Waals surface area contributed by atoms with Gasteiger partial charge in [0.05, 0.1) is 5.75 Å². The SMILES string of the molecule is CC(C)(C)NC(=O)[C@H](Cc1ccccc1)N(Cc1c(Cl)cccc1Cl)C(=O)CSCc1ccc(Cl)cc1. The van der Waals surface area contributed by atoms with Gasteiger partial charge >= 0.3 is 0 Å². The van der Waals surface area contributed by atoms with Gasteiger partial charge in [-0.25, -0.2) is 0 Å². The Hall–Kier alpha value is -2.18. The average molecular weight is 578 g/mol. The van der Waals surface area contributed by atoms with E-state index < -0.39 is 11.6 Å². The van der Waals surface area contributed by atoms with Crippen LogP contribution in [-0.2, 0) is 28.3 Å². The van der Waals surface area contributed by atoms with E-state index in [2.05, 4.69) is 5.32 Å². The molecule has 0 fully saturated rings. The van der Waals surface area contributed by atoms with Crippen LogP contribution in [0.2, 0.25) is 15.1 Å². The lowest BCUT2D eigenvalue weighted by atomic mass is 10.0. The summed E-state index contributed by atoms with van der Waals surface area (Å²) in [7, 11) is 0. The number of hydrogen-bond acceptors (Lipinski definition) is 3. The number of nitrogens with zero attached hydrogens (tertiary/aromatic N) is 1. The number of hydrogen-bond donors (Lipinski definition) is 1. The summed E-state index contributed by atoms with van der Waals surface area (Å²) < 4.78 is 0. The highest BCUT2D eigenvalue weighted by molar-refractivity contribution is 7.99. The first-order valence-corrected chi connectivity index (χ1v) is 14.2. The summed E-state index contributed by atoms with van der Waals surface area (Å²) in [5, 5.41) is 4.63. The number of carbonyl (C=O) groups is 2. The molecule has 0 saturated carbocycles. The number of rotatable bonds is 10. The number of amides is 2. The Morgan fingerprint density at radius 1 is 0.865 bits per heavy atom. The van der Waals surface area contributed by atoms with E-state index in [1.165, 1.54) is 11.8 Å². The average Bonchev–Trinajstić information content (AvgIpc) is 2.83. The number of halogens is 3. The van der Waals surface area contributed by atoms with E-state index in [9.17, 15) is 9.59 Å². The first-order chi connectivity index (χ1) is 17.5. The molecule has 1 atom stereocenters. The molecule has 0 unspecified atom stereocenters. The van der Waals surface area contributed by atoms with Gasteiger partial charge in [-0.1, -0.05) is 83.3 Å². The second-order valence-electron chi connectivity index (χ2n) is 9.79.